The number of aryl methyl sites for hydroxylation is 2. The summed E-state index contributed by atoms with van der Waals surface area (Å²) in [6, 6.07) is 7.44. The molecule has 0 fully saturated rings. The fourth-order valence-electron chi connectivity index (χ4n) is 3.42. The Bertz CT molecular complexity index is 1050. The first-order chi connectivity index (χ1) is 14.7. The third kappa shape index (κ3) is 4.68. The predicted octanol–water partition coefficient (Wildman–Crippen LogP) is 4.17. The zero-order valence-electron chi connectivity index (χ0n) is 17.8. The van der Waals surface area contributed by atoms with Gasteiger partial charge in [-0.3, -0.25) is 4.90 Å². The number of hydrogen-bond acceptors (Lipinski definition) is 4. The summed E-state index contributed by atoms with van der Waals surface area (Å²) in [6.07, 6.45) is 0. The average Bonchev–Trinajstić information content (AvgIpc) is 2.71. The smallest absolute Gasteiger partial charge is 0.338 e. The van der Waals surface area contributed by atoms with Gasteiger partial charge in [-0.25, -0.2) is 18.4 Å². The van der Waals surface area contributed by atoms with Crippen LogP contribution in [0, 0.1) is 25.5 Å². The Labute approximate surface area is 179 Å². The summed E-state index contributed by atoms with van der Waals surface area (Å²) in [6.45, 7) is 5.32. The molecule has 0 spiro atoms. The van der Waals surface area contributed by atoms with Crippen LogP contribution < -0.4 is 10.1 Å². The van der Waals surface area contributed by atoms with E-state index in [0.29, 0.717) is 6.07 Å². The van der Waals surface area contributed by atoms with Gasteiger partial charge in [0.25, 0.3) is 0 Å². The molecule has 1 aliphatic rings. The Kier molecular flexibility index (Phi) is 6.58. The molecule has 0 aromatic heterocycles. The minimum atomic E-state index is -0.882. The van der Waals surface area contributed by atoms with E-state index in [1.165, 1.54) is 11.9 Å². The molecule has 3 rings (SSSR count). The van der Waals surface area contributed by atoms with Crippen molar-refractivity contribution in [1.29, 1.82) is 0 Å². The molecular weight excluding hydrogens is 406 g/mol. The van der Waals surface area contributed by atoms with Gasteiger partial charge >= 0.3 is 12.0 Å². The molecule has 0 bridgehead atoms. The summed E-state index contributed by atoms with van der Waals surface area (Å²) in [5.41, 5.74) is 3.02. The molecule has 2 aromatic rings. The van der Waals surface area contributed by atoms with Crippen molar-refractivity contribution in [3.8, 4) is 5.75 Å². The second-order valence-corrected chi connectivity index (χ2v) is 7.25. The van der Waals surface area contributed by atoms with E-state index >= 15 is 0 Å². The SMILES string of the molecule is CCOC(=O)C1=C(COc2ccc(F)cc2F)N(C)C(=O)N[C@@H]1c1cc(C)ccc1C. The number of halogens is 2. The minimum absolute atomic E-state index is 0.139. The third-order valence-corrected chi connectivity index (χ3v) is 5.08. The highest BCUT2D eigenvalue weighted by Gasteiger charge is 2.37. The zero-order valence-corrected chi connectivity index (χ0v) is 17.8. The average molecular weight is 430 g/mol. The van der Waals surface area contributed by atoms with Crippen molar-refractivity contribution in [3.05, 3.63) is 76.0 Å². The molecule has 1 atom stereocenters. The number of ether oxygens (including phenoxy) is 2. The van der Waals surface area contributed by atoms with Gasteiger partial charge < -0.3 is 14.8 Å². The van der Waals surface area contributed by atoms with Crippen LogP contribution in [-0.2, 0) is 9.53 Å². The Balaban J connectivity index is 2.08. The molecule has 6 nitrogen and oxygen atoms in total. The summed E-state index contributed by atoms with van der Waals surface area (Å²) in [7, 11) is 1.48. The van der Waals surface area contributed by atoms with E-state index in [-0.39, 0.29) is 30.2 Å². The van der Waals surface area contributed by atoms with Crippen LogP contribution in [-0.4, -0.2) is 37.2 Å². The molecule has 2 amide bonds. The van der Waals surface area contributed by atoms with E-state index in [9.17, 15) is 18.4 Å². The standard InChI is InChI=1S/C23H24F2N2O4/c1-5-30-22(28)20-18(12-31-19-9-8-15(24)11-17(19)25)27(4)23(29)26-21(20)16-10-13(2)6-7-14(16)3/h6-11,21H,5,12H2,1-4H3,(H,26,29)/t21-/m1/s1. The number of likely N-dealkylation sites (N-methyl/N-ethyl adjacent to an activating group) is 1. The minimum Gasteiger partial charge on any atom is -0.484 e. The molecular formula is C23H24F2N2O4. The van der Waals surface area contributed by atoms with Crippen LogP contribution in [0.25, 0.3) is 0 Å². The molecule has 0 aliphatic carbocycles. The van der Waals surface area contributed by atoms with E-state index in [2.05, 4.69) is 5.32 Å². The van der Waals surface area contributed by atoms with Gasteiger partial charge in [-0.15, -0.1) is 0 Å². The largest absolute Gasteiger partial charge is 0.484 e. The van der Waals surface area contributed by atoms with E-state index in [0.717, 1.165) is 28.8 Å². The van der Waals surface area contributed by atoms with Crippen LogP contribution in [0.1, 0.15) is 29.7 Å². The lowest BCUT2D eigenvalue weighted by molar-refractivity contribution is -0.139. The number of amides is 2. The first-order valence-corrected chi connectivity index (χ1v) is 9.82. The first kappa shape index (κ1) is 22.3. The molecule has 31 heavy (non-hydrogen) atoms. The van der Waals surface area contributed by atoms with Crippen LogP contribution in [0.5, 0.6) is 5.75 Å². The maximum Gasteiger partial charge on any atom is 0.338 e. The zero-order chi connectivity index (χ0) is 22.7. The van der Waals surface area contributed by atoms with Gasteiger partial charge in [-0.2, -0.15) is 0 Å². The van der Waals surface area contributed by atoms with E-state index in [4.69, 9.17) is 9.47 Å². The van der Waals surface area contributed by atoms with Gasteiger partial charge in [0, 0.05) is 13.1 Å². The number of nitrogens with zero attached hydrogens (tertiary/aromatic N) is 1. The molecule has 0 saturated heterocycles. The lowest BCUT2D eigenvalue weighted by atomic mass is 9.90. The van der Waals surface area contributed by atoms with Crippen LogP contribution in [0.15, 0.2) is 47.7 Å². The van der Waals surface area contributed by atoms with Gasteiger partial charge in [0.15, 0.2) is 11.6 Å². The molecule has 0 radical (unpaired) electrons. The third-order valence-electron chi connectivity index (χ3n) is 5.08. The molecule has 8 heteroatoms. The van der Waals surface area contributed by atoms with Crippen molar-refractivity contribution in [2.75, 3.05) is 20.3 Å². The maximum atomic E-state index is 14.0. The molecule has 164 valence electrons. The van der Waals surface area contributed by atoms with E-state index in [1.54, 1.807) is 6.92 Å². The number of carbonyl (C=O) groups is 2. The van der Waals surface area contributed by atoms with Crippen molar-refractivity contribution in [2.45, 2.75) is 26.8 Å². The highest BCUT2D eigenvalue weighted by atomic mass is 19.1. The van der Waals surface area contributed by atoms with Crippen LogP contribution in [0.2, 0.25) is 0 Å². The number of urea groups is 1. The van der Waals surface area contributed by atoms with Gasteiger partial charge in [-0.05, 0) is 44.0 Å². The van der Waals surface area contributed by atoms with Gasteiger partial charge in [0.1, 0.15) is 12.4 Å². The van der Waals surface area contributed by atoms with Crippen molar-refractivity contribution in [3.63, 3.8) is 0 Å². The van der Waals surface area contributed by atoms with Crippen LogP contribution >= 0.6 is 0 Å². The number of carbonyl (C=O) groups excluding carboxylic acids is 2. The first-order valence-electron chi connectivity index (χ1n) is 9.82. The van der Waals surface area contributed by atoms with Crippen molar-refractivity contribution >= 4 is 12.0 Å². The van der Waals surface area contributed by atoms with Gasteiger partial charge in [0.2, 0.25) is 0 Å². The number of nitrogens with one attached hydrogen (secondary N) is 1. The van der Waals surface area contributed by atoms with Gasteiger partial charge in [-0.1, -0.05) is 23.8 Å². The molecule has 0 saturated carbocycles. The Morgan fingerprint density at radius 2 is 1.90 bits per heavy atom. The summed E-state index contributed by atoms with van der Waals surface area (Å²) in [5, 5.41) is 2.84. The highest BCUT2D eigenvalue weighted by molar-refractivity contribution is 5.95. The lowest BCUT2D eigenvalue weighted by Crippen LogP contribution is -2.48. The molecule has 0 unspecified atom stereocenters. The van der Waals surface area contributed by atoms with Crippen LogP contribution in [0.4, 0.5) is 13.6 Å². The second kappa shape index (κ2) is 9.16. The van der Waals surface area contributed by atoms with Crippen LogP contribution in [0.3, 0.4) is 0 Å². The topological polar surface area (TPSA) is 67.9 Å². The fraction of sp³-hybridized carbons (Fsp3) is 0.304. The summed E-state index contributed by atoms with van der Waals surface area (Å²) < 4.78 is 38.0. The number of hydrogen-bond donors (Lipinski definition) is 1. The molecule has 1 heterocycles. The number of rotatable bonds is 6. The number of benzene rings is 2. The second-order valence-electron chi connectivity index (χ2n) is 7.25. The quantitative estimate of drug-likeness (QED) is 0.699. The van der Waals surface area contributed by atoms with Gasteiger partial charge in [0.05, 0.1) is 23.9 Å². The maximum absolute atomic E-state index is 14.0. The van der Waals surface area contributed by atoms with Crippen molar-refractivity contribution in [1.82, 2.24) is 10.2 Å². The van der Waals surface area contributed by atoms with E-state index in [1.807, 2.05) is 32.0 Å². The Hall–Kier alpha value is -3.42. The summed E-state index contributed by atoms with van der Waals surface area (Å²) in [5.74, 6) is -2.43. The lowest BCUT2D eigenvalue weighted by Gasteiger charge is -2.35. The van der Waals surface area contributed by atoms with Crippen molar-refractivity contribution in [2.24, 2.45) is 0 Å². The molecule has 1 N–H and O–H groups in total. The normalized spacial score (nSPS) is 16.3. The molecule has 1 aliphatic heterocycles. The Morgan fingerprint density at radius 3 is 2.58 bits per heavy atom. The number of esters is 1. The predicted molar refractivity (Wildman–Crippen MR) is 110 cm³/mol. The van der Waals surface area contributed by atoms with E-state index < -0.39 is 29.7 Å². The Morgan fingerprint density at radius 1 is 1.16 bits per heavy atom. The monoisotopic (exact) mass is 430 g/mol. The fourth-order valence-corrected chi connectivity index (χ4v) is 3.42. The summed E-state index contributed by atoms with van der Waals surface area (Å²) >= 11 is 0. The molecule has 2 aromatic carbocycles. The summed E-state index contributed by atoms with van der Waals surface area (Å²) in [4.78, 5) is 26.8. The van der Waals surface area contributed by atoms with Crippen molar-refractivity contribution < 1.29 is 27.8 Å². The highest BCUT2D eigenvalue weighted by Crippen LogP contribution is 2.33.